The van der Waals surface area contributed by atoms with Crippen LogP contribution in [0.15, 0.2) is 66.7 Å². The average Bonchev–Trinajstić information content (AvgIpc) is 3.10. The Balaban J connectivity index is 1.46. The molecule has 0 atom stereocenters. The molecule has 6 nitrogen and oxygen atoms in total. The molecule has 4 aromatic rings. The summed E-state index contributed by atoms with van der Waals surface area (Å²) in [7, 11) is 0. The Labute approximate surface area is 161 Å². The summed E-state index contributed by atoms with van der Waals surface area (Å²) >= 11 is 0. The van der Waals surface area contributed by atoms with Crippen LogP contribution >= 0.6 is 0 Å². The van der Waals surface area contributed by atoms with E-state index in [1.165, 1.54) is 12.1 Å². The summed E-state index contributed by atoms with van der Waals surface area (Å²) in [4.78, 5) is 20.0. The van der Waals surface area contributed by atoms with Gasteiger partial charge in [-0.05, 0) is 48.0 Å². The number of phenols is 2. The second-order valence-electron chi connectivity index (χ2n) is 6.57. The maximum Gasteiger partial charge on any atom is 0.251 e. The lowest BCUT2D eigenvalue weighted by molar-refractivity contribution is 0.0951. The van der Waals surface area contributed by atoms with Crippen molar-refractivity contribution in [2.75, 3.05) is 0 Å². The van der Waals surface area contributed by atoms with E-state index in [9.17, 15) is 15.0 Å². The van der Waals surface area contributed by atoms with Gasteiger partial charge in [-0.3, -0.25) is 4.79 Å². The van der Waals surface area contributed by atoms with Crippen LogP contribution in [0, 0.1) is 0 Å². The molecule has 140 valence electrons. The van der Waals surface area contributed by atoms with Crippen molar-refractivity contribution in [1.29, 1.82) is 0 Å². The summed E-state index contributed by atoms with van der Waals surface area (Å²) in [6.45, 7) is 0.378. The van der Waals surface area contributed by atoms with E-state index in [1.54, 1.807) is 24.3 Å². The molecule has 1 aromatic heterocycles. The number of hydrogen-bond donors (Lipinski definition) is 4. The zero-order chi connectivity index (χ0) is 19.5. The molecule has 4 rings (SSSR count). The van der Waals surface area contributed by atoms with Gasteiger partial charge >= 0.3 is 0 Å². The lowest BCUT2D eigenvalue weighted by Gasteiger charge is -2.05. The number of fused-ring (bicyclic) bond motifs is 1. The van der Waals surface area contributed by atoms with Gasteiger partial charge in [-0.1, -0.05) is 24.3 Å². The van der Waals surface area contributed by atoms with Gasteiger partial charge in [0.15, 0.2) is 0 Å². The quantitative estimate of drug-likeness (QED) is 0.430. The van der Waals surface area contributed by atoms with Gasteiger partial charge in [0.05, 0.1) is 11.0 Å². The molecule has 1 amide bonds. The number of nitrogens with zero attached hydrogens (tertiary/aromatic N) is 1. The molecule has 1 heterocycles. The minimum atomic E-state index is -0.204. The topological polar surface area (TPSA) is 98.2 Å². The van der Waals surface area contributed by atoms with Gasteiger partial charge in [-0.15, -0.1) is 0 Å². The Hall–Kier alpha value is -3.80. The van der Waals surface area contributed by atoms with E-state index < -0.39 is 0 Å². The number of rotatable bonds is 5. The Morgan fingerprint density at radius 2 is 1.79 bits per heavy atom. The Morgan fingerprint density at radius 1 is 1.00 bits per heavy atom. The molecule has 0 fully saturated rings. The number of aromatic nitrogens is 2. The normalized spacial score (nSPS) is 10.9. The molecule has 4 N–H and O–H groups in total. The van der Waals surface area contributed by atoms with Crippen molar-refractivity contribution in [3.05, 3.63) is 89.2 Å². The molecule has 0 saturated carbocycles. The van der Waals surface area contributed by atoms with Crippen molar-refractivity contribution in [3.8, 4) is 11.5 Å². The van der Waals surface area contributed by atoms with Crippen molar-refractivity contribution in [3.63, 3.8) is 0 Å². The van der Waals surface area contributed by atoms with Gasteiger partial charge in [0.25, 0.3) is 5.91 Å². The number of phenolic OH excluding ortho intramolecular Hbond substituents is 2. The largest absolute Gasteiger partial charge is 0.508 e. The number of hydrogen-bond acceptors (Lipinski definition) is 4. The smallest absolute Gasteiger partial charge is 0.251 e. The first-order valence-electron chi connectivity index (χ1n) is 8.90. The van der Waals surface area contributed by atoms with E-state index in [4.69, 9.17) is 0 Å². The van der Waals surface area contributed by atoms with Crippen LogP contribution in [0.5, 0.6) is 11.5 Å². The lowest BCUT2D eigenvalue weighted by atomic mass is 10.1. The number of H-pyrrole nitrogens is 1. The first-order chi connectivity index (χ1) is 13.6. The molecule has 0 saturated heterocycles. The van der Waals surface area contributed by atoms with Gasteiger partial charge in [0.1, 0.15) is 17.3 Å². The van der Waals surface area contributed by atoms with Crippen molar-refractivity contribution in [2.24, 2.45) is 0 Å². The first kappa shape index (κ1) is 17.6. The number of amides is 1. The van der Waals surface area contributed by atoms with E-state index >= 15 is 0 Å². The van der Waals surface area contributed by atoms with Crippen molar-refractivity contribution in [2.45, 2.75) is 13.0 Å². The highest BCUT2D eigenvalue weighted by Crippen LogP contribution is 2.21. The highest BCUT2D eigenvalue weighted by molar-refractivity contribution is 5.94. The van der Waals surface area contributed by atoms with E-state index in [-0.39, 0.29) is 17.4 Å². The highest BCUT2D eigenvalue weighted by Gasteiger charge is 2.09. The number of carbonyl (C=O) groups is 1. The number of aromatic amines is 1. The highest BCUT2D eigenvalue weighted by atomic mass is 16.3. The van der Waals surface area contributed by atoms with Crippen LogP contribution in [-0.4, -0.2) is 26.1 Å². The molecule has 0 aliphatic rings. The SMILES string of the molecule is O=C(NCc1ccc2nc(Cc3ccccc3O)[nH]c2c1)c1ccc(O)cc1. The standard InChI is InChI=1S/C22H19N3O3/c26-17-8-6-15(7-9-17)22(28)23-13-14-5-10-18-19(11-14)25-21(24-18)12-16-3-1-2-4-20(16)27/h1-11,26-27H,12-13H2,(H,23,28)(H,24,25). The minimum absolute atomic E-state index is 0.126. The fourth-order valence-electron chi connectivity index (χ4n) is 3.04. The molecule has 3 aromatic carbocycles. The van der Waals surface area contributed by atoms with Crippen LogP contribution in [0.3, 0.4) is 0 Å². The first-order valence-corrected chi connectivity index (χ1v) is 8.90. The predicted molar refractivity (Wildman–Crippen MR) is 106 cm³/mol. The third-order valence-corrected chi connectivity index (χ3v) is 4.53. The fraction of sp³-hybridized carbons (Fsp3) is 0.0909. The van der Waals surface area contributed by atoms with E-state index in [2.05, 4.69) is 15.3 Å². The number of carbonyl (C=O) groups excluding carboxylic acids is 1. The van der Waals surface area contributed by atoms with E-state index in [1.807, 2.05) is 30.3 Å². The summed E-state index contributed by atoms with van der Waals surface area (Å²) < 4.78 is 0. The van der Waals surface area contributed by atoms with Gasteiger partial charge in [0, 0.05) is 24.1 Å². The number of benzene rings is 3. The van der Waals surface area contributed by atoms with Crippen LogP contribution in [-0.2, 0) is 13.0 Å². The van der Waals surface area contributed by atoms with Crippen molar-refractivity contribution < 1.29 is 15.0 Å². The lowest BCUT2D eigenvalue weighted by Crippen LogP contribution is -2.22. The molecule has 28 heavy (non-hydrogen) atoms. The summed E-state index contributed by atoms with van der Waals surface area (Å²) in [5.74, 6) is 0.938. The Bertz CT molecular complexity index is 1130. The Morgan fingerprint density at radius 3 is 2.57 bits per heavy atom. The molecule has 6 heteroatoms. The monoisotopic (exact) mass is 373 g/mol. The van der Waals surface area contributed by atoms with Gasteiger partial charge in [-0.2, -0.15) is 0 Å². The minimum Gasteiger partial charge on any atom is -0.508 e. The third-order valence-electron chi connectivity index (χ3n) is 4.53. The molecular weight excluding hydrogens is 354 g/mol. The average molecular weight is 373 g/mol. The van der Waals surface area contributed by atoms with Crippen LogP contribution in [0.4, 0.5) is 0 Å². The zero-order valence-corrected chi connectivity index (χ0v) is 15.0. The zero-order valence-electron chi connectivity index (χ0n) is 15.0. The molecule has 0 bridgehead atoms. The number of para-hydroxylation sites is 1. The maximum absolute atomic E-state index is 12.2. The fourth-order valence-corrected chi connectivity index (χ4v) is 3.04. The van der Waals surface area contributed by atoms with Crippen LogP contribution in [0.25, 0.3) is 11.0 Å². The summed E-state index contributed by atoms with van der Waals surface area (Å²) in [5.41, 5.74) is 3.95. The number of imidazole rings is 1. The van der Waals surface area contributed by atoms with Gasteiger partial charge in [0.2, 0.25) is 0 Å². The summed E-state index contributed by atoms with van der Waals surface area (Å²) in [6.07, 6.45) is 0.508. The molecule has 0 aliphatic carbocycles. The second-order valence-corrected chi connectivity index (χ2v) is 6.57. The maximum atomic E-state index is 12.2. The van der Waals surface area contributed by atoms with Gasteiger partial charge < -0.3 is 20.5 Å². The predicted octanol–water partition coefficient (Wildman–Crippen LogP) is 3.49. The number of aromatic hydroxyl groups is 2. The molecule has 0 unspecified atom stereocenters. The van der Waals surface area contributed by atoms with Crippen LogP contribution in [0.2, 0.25) is 0 Å². The molecule has 0 aliphatic heterocycles. The second kappa shape index (κ2) is 7.44. The van der Waals surface area contributed by atoms with Crippen molar-refractivity contribution in [1.82, 2.24) is 15.3 Å². The summed E-state index contributed by atoms with van der Waals surface area (Å²) in [5, 5.41) is 22.1. The van der Waals surface area contributed by atoms with Crippen LogP contribution in [0.1, 0.15) is 27.3 Å². The van der Waals surface area contributed by atoms with E-state index in [0.29, 0.717) is 18.5 Å². The third kappa shape index (κ3) is 3.81. The van der Waals surface area contributed by atoms with Gasteiger partial charge in [-0.25, -0.2) is 4.98 Å². The van der Waals surface area contributed by atoms with Crippen LogP contribution < -0.4 is 5.32 Å². The molecule has 0 spiro atoms. The molecular formula is C22H19N3O3. The summed E-state index contributed by atoms with van der Waals surface area (Å²) in [6, 6.07) is 19.1. The Kier molecular flexibility index (Phi) is 4.68. The number of nitrogens with one attached hydrogen (secondary N) is 2. The van der Waals surface area contributed by atoms with Crippen molar-refractivity contribution >= 4 is 16.9 Å². The molecule has 0 radical (unpaired) electrons. The van der Waals surface area contributed by atoms with E-state index in [0.717, 1.165) is 28.0 Å².